The maximum absolute atomic E-state index is 8.41. The summed E-state index contributed by atoms with van der Waals surface area (Å²) in [5, 5.41) is 8.41. The lowest BCUT2D eigenvalue weighted by Crippen LogP contribution is -1.81. The van der Waals surface area contributed by atoms with Gasteiger partial charge in [-0.15, -0.1) is 0 Å². The molecule has 0 aliphatic rings. The van der Waals surface area contributed by atoms with E-state index in [2.05, 4.69) is 6.92 Å². The zero-order valence-corrected chi connectivity index (χ0v) is 8.10. The van der Waals surface area contributed by atoms with Crippen LogP contribution in [0.3, 0.4) is 0 Å². The summed E-state index contributed by atoms with van der Waals surface area (Å²) in [6, 6.07) is 0. The van der Waals surface area contributed by atoms with Crippen molar-refractivity contribution in [3.63, 3.8) is 0 Å². The van der Waals surface area contributed by atoms with Gasteiger partial charge in [0.1, 0.15) is 0 Å². The van der Waals surface area contributed by atoms with Crippen molar-refractivity contribution in [1.82, 2.24) is 0 Å². The van der Waals surface area contributed by atoms with Gasteiger partial charge in [-0.3, -0.25) is 0 Å². The summed E-state index contributed by atoms with van der Waals surface area (Å²) in [5.74, 6) is 0. The lowest BCUT2D eigenvalue weighted by atomic mass is 10.1. The molecule has 0 bridgehead atoms. The highest BCUT2D eigenvalue weighted by atomic mass is 16.2. The predicted molar refractivity (Wildman–Crippen MR) is 53.1 cm³/mol. The van der Waals surface area contributed by atoms with Gasteiger partial charge in [0.2, 0.25) is 0 Å². The summed E-state index contributed by atoms with van der Waals surface area (Å²) in [6.07, 6.45) is 11.0. The van der Waals surface area contributed by atoms with Crippen LogP contribution < -0.4 is 0 Å². The molecule has 0 spiro atoms. The second-order valence-corrected chi connectivity index (χ2v) is 3.30. The average Bonchev–Trinajstić information content (AvgIpc) is 2.10. The molecular weight excluding hydrogens is 148 g/mol. The highest BCUT2D eigenvalue weighted by Gasteiger charge is 1.90. The number of aliphatic hydroxyl groups is 1. The van der Waals surface area contributed by atoms with E-state index in [1.54, 1.807) is 0 Å². The van der Waals surface area contributed by atoms with Crippen LogP contribution in [0.1, 0.15) is 57.8 Å². The zero-order valence-electron chi connectivity index (χ0n) is 8.10. The Morgan fingerprint density at radius 3 is 1.83 bits per heavy atom. The minimum Gasteiger partial charge on any atom is -0.390 e. The van der Waals surface area contributed by atoms with Crippen LogP contribution in [-0.4, -0.2) is 5.11 Å². The molecule has 0 saturated heterocycles. The van der Waals surface area contributed by atoms with Crippen LogP contribution in [0.5, 0.6) is 0 Å². The molecule has 12 heavy (non-hydrogen) atoms. The van der Waals surface area contributed by atoms with E-state index in [-0.39, 0.29) is 0 Å². The molecular formula is C11H22O. The topological polar surface area (TPSA) is 20.2 Å². The van der Waals surface area contributed by atoms with Crippen LogP contribution in [-0.2, 0) is 0 Å². The Hall–Kier alpha value is -0.0400. The van der Waals surface area contributed by atoms with Crippen molar-refractivity contribution in [2.45, 2.75) is 57.8 Å². The molecule has 0 aromatic rings. The normalized spacial score (nSPS) is 10.5. The van der Waals surface area contributed by atoms with Crippen molar-refractivity contribution in [2.75, 3.05) is 0 Å². The Morgan fingerprint density at radius 1 is 0.833 bits per heavy atom. The van der Waals surface area contributed by atoms with Gasteiger partial charge < -0.3 is 5.11 Å². The van der Waals surface area contributed by atoms with Crippen LogP contribution in [0.15, 0.2) is 0 Å². The van der Waals surface area contributed by atoms with Crippen LogP contribution in [0, 0.1) is 13.5 Å². The van der Waals surface area contributed by atoms with Crippen molar-refractivity contribution in [1.29, 1.82) is 0 Å². The van der Waals surface area contributed by atoms with Gasteiger partial charge in [-0.25, -0.2) is 0 Å². The molecule has 0 saturated carbocycles. The molecule has 0 aromatic carbocycles. The van der Waals surface area contributed by atoms with Crippen LogP contribution in [0.4, 0.5) is 0 Å². The molecule has 0 rings (SSSR count). The monoisotopic (exact) mass is 170 g/mol. The highest BCUT2D eigenvalue weighted by molar-refractivity contribution is 4.50. The fourth-order valence-electron chi connectivity index (χ4n) is 1.30. The lowest BCUT2D eigenvalue weighted by Gasteiger charge is -1.99. The number of hydrogen-bond donors (Lipinski definition) is 1. The molecule has 0 heterocycles. The van der Waals surface area contributed by atoms with E-state index in [1.165, 1.54) is 45.1 Å². The second-order valence-electron chi connectivity index (χ2n) is 3.30. The SMILES string of the molecule is [CH2]CCCCCCCCC[CH]O. The van der Waals surface area contributed by atoms with Crippen molar-refractivity contribution >= 4 is 0 Å². The molecule has 72 valence electrons. The first kappa shape index (κ1) is 12.0. The zero-order chi connectivity index (χ0) is 9.07. The second kappa shape index (κ2) is 11.0. The summed E-state index contributed by atoms with van der Waals surface area (Å²) in [7, 11) is 0. The van der Waals surface area contributed by atoms with E-state index >= 15 is 0 Å². The molecule has 1 nitrogen and oxygen atoms in total. The van der Waals surface area contributed by atoms with Gasteiger partial charge in [-0.2, -0.15) is 0 Å². The summed E-state index contributed by atoms with van der Waals surface area (Å²) in [4.78, 5) is 0. The first-order valence-electron chi connectivity index (χ1n) is 5.17. The Morgan fingerprint density at radius 2 is 1.33 bits per heavy atom. The van der Waals surface area contributed by atoms with E-state index in [9.17, 15) is 0 Å². The first-order chi connectivity index (χ1) is 5.91. The molecule has 0 fully saturated rings. The number of unbranched alkanes of at least 4 members (excludes halogenated alkanes) is 8. The molecule has 0 aliphatic carbocycles. The van der Waals surface area contributed by atoms with Crippen molar-refractivity contribution in [2.24, 2.45) is 0 Å². The Kier molecular flexibility index (Phi) is 10.9. The molecule has 1 N–H and O–H groups in total. The fraction of sp³-hybridized carbons (Fsp3) is 0.818. The van der Waals surface area contributed by atoms with E-state index < -0.39 is 0 Å². The minimum absolute atomic E-state index is 0.860. The number of aliphatic hydroxyl groups excluding tert-OH is 1. The van der Waals surface area contributed by atoms with Gasteiger partial charge in [0.05, 0.1) is 6.61 Å². The van der Waals surface area contributed by atoms with Gasteiger partial charge in [0.15, 0.2) is 0 Å². The molecule has 0 atom stereocenters. The number of rotatable bonds is 9. The molecule has 1 heteroatoms. The molecule has 0 amide bonds. The van der Waals surface area contributed by atoms with Crippen molar-refractivity contribution in [3.05, 3.63) is 13.5 Å². The fourth-order valence-corrected chi connectivity index (χ4v) is 1.30. The third-order valence-electron chi connectivity index (χ3n) is 2.08. The van der Waals surface area contributed by atoms with E-state index in [0.717, 1.165) is 19.3 Å². The van der Waals surface area contributed by atoms with Crippen LogP contribution in [0.2, 0.25) is 0 Å². The third kappa shape index (κ3) is 9.96. The van der Waals surface area contributed by atoms with E-state index in [1.807, 2.05) is 0 Å². The van der Waals surface area contributed by atoms with Crippen LogP contribution in [0.25, 0.3) is 0 Å². The first-order valence-corrected chi connectivity index (χ1v) is 5.17. The Labute approximate surface area is 77.2 Å². The molecule has 0 unspecified atom stereocenters. The van der Waals surface area contributed by atoms with E-state index in [4.69, 9.17) is 5.11 Å². The van der Waals surface area contributed by atoms with E-state index in [0.29, 0.717) is 0 Å². The van der Waals surface area contributed by atoms with Gasteiger partial charge in [0, 0.05) is 0 Å². The summed E-state index contributed by atoms with van der Waals surface area (Å²) in [6.45, 7) is 5.08. The standard InChI is InChI=1S/C11H22O/c1-2-3-4-5-6-7-8-9-10-11-12/h11-12H,1-10H2. The molecule has 2 radical (unpaired) electrons. The Balaban J connectivity index is 2.73. The summed E-state index contributed by atoms with van der Waals surface area (Å²) in [5.41, 5.74) is 0. The maximum atomic E-state index is 8.41. The average molecular weight is 170 g/mol. The lowest BCUT2D eigenvalue weighted by molar-refractivity contribution is 0.367. The highest BCUT2D eigenvalue weighted by Crippen LogP contribution is 2.09. The summed E-state index contributed by atoms with van der Waals surface area (Å²) < 4.78 is 0. The van der Waals surface area contributed by atoms with Crippen molar-refractivity contribution < 1.29 is 5.11 Å². The van der Waals surface area contributed by atoms with Gasteiger partial charge in [0.25, 0.3) is 0 Å². The van der Waals surface area contributed by atoms with Gasteiger partial charge in [-0.05, 0) is 6.42 Å². The Bertz CT molecular complexity index is 61.4. The van der Waals surface area contributed by atoms with Crippen LogP contribution >= 0.6 is 0 Å². The largest absolute Gasteiger partial charge is 0.390 e. The summed E-state index contributed by atoms with van der Waals surface area (Å²) >= 11 is 0. The van der Waals surface area contributed by atoms with Gasteiger partial charge >= 0.3 is 0 Å². The quantitative estimate of drug-likeness (QED) is 0.521. The smallest absolute Gasteiger partial charge is 0.0799 e. The molecule has 0 aromatic heterocycles. The number of hydrogen-bond acceptors (Lipinski definition) is 1. The molecule has 0 aliphatic heterocycles. The van der Waals surface area contributed by atoms with Gasteiger partial charge in [-0.1, -0.05) is 58.3 Å². The minimum atomic E-state index is 0.860. The predicted octanol–water partition coefficient (Wildman–Crippen LogP) is 3.87. The maximum Gasteiger partial charge on any atom is 0.0799 e. The van der Waals surface area contributed by atoms with Crippen molar-refractivity contribution in [3.8, 4) is 0 Å². The third-order valence-corrected chi connectivity index (χ3v) is 2.08.